The quantitative estimate of drug-likeness (QED) is 0.789. The van der Waals surface area contributed by atoms with Crippen LogP contribution in [0.4, 0.5) is 5.82 Å². The molecule has 0 fully saturated rings. The lowest BCUT2D eigenvalue weighted by atomic mass is 10.0. The van der Waals surface area contributed by atoms with E-state index < -0.39 is 12.0 Å². The van der Waals surface area contributed by atoms with Crippen LogP contribution in [0.1, 0.15) is 32.0 Å². The summed E-state index contributed by atoms with van der Waals surface area (Å²) in [5, 5.41) is 13.1. The van der Waals surface area contributed by atoms with Crippen LogP contribution >= 0.6 is 0 Å². The van der Waals surface area contributed by atoms with Crippen molar-refractivity contribution in [3.05, 3.63) is 11.8 Å². The second kappa shape index (κ2) is 4.33. The van der Waals surface area contributed by atoms with E-state index >= 15 is 0 Å². The van der Waals surface area contributed by atoms with Gasteiger partial charge in [0.2, 0.25) is 0 Å². The highest BCUT2D eigenvalue weighted by atomic mass is 16.4. The minimum Gasteiger partial charge on any atom is -0.480 e. The lowest BCUT2D eigenvalue weighted by molar-refractivity contribution is -0.141. The average Bonchev–Trinajstić information content (AvgIpc) is 2.40. The van der Waals surface area contributed by atoms with Crippen molar-refractivity contribution < 1.29 is 9.90 Å². The number of nitrogens with zero attached hydrogens (tertiary/aromatic N) is 2. The molecule has 1 rings (SSSR count). The zero-order valence-corrected chi connectivity index (χ0v) is 9.27. The number of aryl methyl sites for hydroxylation is 1. The highest BCUT2D eigenvalue weighted by Gasteiger charge is 2.23. The van der Waals surface area contributed by atoms with Gasteiger partial charge in [0.15, 0.2) is 0 Å². The second-order valence-corrected chi connectivity index (χ2v) is 4.14. The molecule has 1 aromatic rings. The summed E-state index contributed by atoms with van der Waals surface area (Å²) in [6, 6.07) is 1.05. The molecule has 5 nitrogen and oxygen atoms in total. The van der Waals surface area contributed by atoms with E-state index in [1.54, 1.807) is 13.0 Å². The highest BCUT2D eigenvalue weighted by Crippen LogP contribution is 2.20. The smallest absolute Gasteiger partial charge is 0.328 e. The first-order valence-corrected chi connectivity index (χ1v) is 4.96. The molecule has 15 heavy (non-hydrogen) atoms. The van der Waals surface area contributed by atoms with Gasteiger partial charge in [0.1, 0.15) is 11.9 Å². The van der Waals surface area contributed by atoms with Crippen LogP contribution in [0.15, 0.2) is 6.07 Å². The third-order valence-electron chi connectivity index (χ3n) is 2.22. The number of anilines is 1. The summed E-state index contributed by atoms with van der Waals surface area (Å²) in [5.41, 5.74) is 6.30. The SMILES string of the molecule is Cc1cc(N)nn1C(CC(C)C)C(=O)O. The Morgan fingerprint density at radius 2 is 2.27 bits per heavy atom. The van der Waals surface area contributed by atoms with Gasteiger partial charge in [-0.25, -0.2) is 4.79 Å². The van der Waals surface area contributed by atoms with E-state index in [1.807, 2.05) is 13.8 Å². The van der Waals surface area contributed by atoms with Gasteiger partial charge in [0, 0.05) is 11.8 Å². The number of rotatable bonds is 4. The normalized spacial score (nSPS) is 13.1. The number of aromatic nitrogens is 2. The molecule has 3 N–H and O–H groups in total. The topological polar surface area (TPSA) is 81.1 Å². The van der Waals surface area contributed by atoms with Crippen LogP contribution in [-0.4, -0.2) is 20.9 Å². The van der Waals surface area contributed by atoms with Gasteiger partial charge in [-0.05, 0) is 19.3 Å². The maximum atomic E-state index is 11.1. The number of hydrogen-bond acceptors (Lipinski definition) is 3. The first-order chi connectivity index (χ1) is 6.91. The van der Waals surface area contributed by atoms with Crippen molar-refractivity contribution >= 4 is 11.8 Å². The molecular formula is C10H17N3O2. The molecule has 0 aliphatic heterocycles. The molecule has 1 heterocycles. The fourth-order valence-electron chi connectivity index (χ4n) is 1.58. The van der Waals surface area contributed by atoms with Crippen molar-refractivity contribution in [2.45, 2.75) is 33.2 Å². The molecule has 1 atom stereocenters. The zero-order chi connectivity index (χ0) is 11.6. The maximum absolute atomic E-state index is 11.1. The van der Waals surface area contributed by atoms with Crippen LogP contribution in [0, 0.1) is 12.8 Å². The van der Waals surface area contributed by atoms with Crippen molar-refractivity contribution in [2.24, 2.45) is 5.92 Å². The molecule has 1 aromatic heterocycles. The molecule has 1 unspecified atom stereocenters. The summed E-state index contributed by atoms with van der Waals surface area (Å²) in [7, 11) is 0. The van der Waals surface area contributed by atoms with E-state index in [9.17, 15) is 4.79 Å². The summed E-state index contributed by atoms with van der Waals surface area (Å²) < 4.78 is 1.48. The van der Waals surface area contributed by atoms with Crippen LogP contribution in [0.3, 0.4) is 0 Å². The predicted molar refractivity (Wildman–Crippen MR) is 57.5 cm³/mol. The Bertz CT molecular complexity index is 358. The van der Waals surface area contributed by atoms with Crippen molar-refractivity contribution in [3.8, 4) is 0 Å². The average molecular weight is 211 g/mol. The van der Waals surface area contributed by atoms with Gasteiger partial charge in [-0.15, -0.1) is 0 Å². The van der Waals surface area contributed by atoms with Gasteiger partial charge in [-0.3, -0.25) is 4.68 Å². The van der Waals surface area contributed by atoms with E-state index in [4.69, 9.17) is 10.8 Å². The van der Waals surface area contributed by atoms with Gasteiger partial charge >= 0.3 is 5.97 Å². The Labute approximate surface area is 88.9 Å². The minimum absolute atomic E-state index is 0.302. The monoisotopic (exact) mass is 211 g/mol. The Hall–Kier alpha value is -1.52. The van der Waals surface area contributed by atoms with Gasteiger partial charge in [-0.1, -0.05) is 13.8 Å². The van der Waals surface area contributed by atoms with E-state index in [-0.39, 0.29) is 0 Å². The Kier molecular flexibility index (Phi) is 3.34. The van der Waals surface area contributed by atoms with Crippen molar-refractivity contribution in [3.63, 3.8) is 0 Å². The predicted octanol–water partition coefficient (Wildman–Crippen LogP) is 1.45. The van der Waals surface area contributed by atoms with Crippen molar-refractivity contribution in [1.82, 2.24) is 9.78 Å². The Balaban J connectivity index is 2.98. The number of carboxylic acids is 1. The fourth-order valence-corrected chi connectivity index (χ4v) is 1.58. The molecule has 84 valence electrons. The number of nitrogens with two attached hydrogens (primary N) is 1. The van der Waals surface area contributed by atoms with Crippen LogP contribution in [-0.2, 0) is 4.79 Å². The summed E-state index contributed by atoms with van der Waals surface area (Å²) in [6.45, 7) is 5.77. The maximum Gasteiger partial charge on any atom is 0.328 e. The van der Waals surface area contributed by atoms with Crippen molar-refractivity contribution in [1.29, 1.82) is 0 Å². The number of carbonyl (C=O) groups is 1. The molecule has 0 saturated carbocycles. The molecule has 0 bridgehead atoms. The summed E-state index contributed by atoms with van der Waals surface area (Å²) in [5.74, 6) is -0.201. The minimum atomic E-state index is -0.866. The third kappa shape index (κ3) is 2.71. The molecule has 5 heteroatoms. The van der Waals surface area contributed by atoms with Crippen LogP contribution in [0.5, 0.6) is 0 Å². The molecule has 0 aromatic carbocycles. The Morgan fingerprint density at radius 1 is 1.67 bits per heavy atom. The number of carboxylic acid groups (broad SMARTS) is 1. The van der Waals surface area contributed by atoms with Crippen LogP contribution < -0.4 is 5.73 Å². The van der Waals surface area contributed by atoms with E-state index in [0.29, 0.717) is 18.2 Å². The molecular weight excluding hydrogens is 194 g/mol. The molecule has 0 spiro atoms. The van der Waals surface area contributed by atoms with Gasteiger partial charge < -0.3 is 10.8 Å². The molecule has 0 saturated heterocycles. The van der Waals surface area contributed by atoms with Crippen LogP contribution in [0.25, 0.3) is 0 Å². The number of nitrogen functional groups attached to an aromatic ring is 1. The van der Waals surface area contributed by atoms with Gasteiger partial charge in [0.05, 0.1) is 0 Å². The summed E-state index contributed by atoms with van der Waals surface area (Å²) in [6.07, 6.45) is 0.553. The zero-order valence-electron chi connectivity index (χ0n) is 9.27. The molecule has 0 aliphatic carbocycles. The van der Waals surface area contributed by atoms with Crippen molar-refractivity contribution in [2.75, 3.05) is 5.73 Å². The molecule has 0 aliphatic rings. The fraction of sp³-hybridized carbons (Fsp3) is 0.600. The second-order valence-electron chi connectivity index (χ2n) is 4.14. The highest BCUT2D eigenvalue weighted by molar-refractivity contribution is 5.72. The van der Waals surface area contributed by atoms with Gasteiger partial charge in [-0.2, -0.15) is 5.10 Å². The van der Waals surface area contributed by atoms with Crippen LogP contribution in [0.2, 0.25) is 0 Å². The first kappa shape index (κ1) is 11.6. The first-order valence-electron chi connectivity index (χ1n) is 4.96. The standard InChI is InChI=1S/C10H17N3O2/c1-6(2)4-8(10(14)15)13-7(3)5-9(11)12-13/h5-6,8H,4H2,1-3H3,(H2,11,12)(H,14,15). The lowest BCUT2D eigenvalue weighted by Gasteiger charge is -2.16. The van der Waals surface area contributed by atoms with E-state index in [2.05, 4.69) is 5.10 Å². The largest absolute Gasteiger partial charge is 0.480 e. The molecule has 0 radical (unpaired) electrons. The number of aliphatic carboxylic acids is 1. The third-order valence-corrected chi connectivity index (χ3v) is 2.22. The van der Waals surface area contributed by atoms with E-state index in [1.165, 1.54) is 4.68 Å². The lowest BCUT2D eigenvalue weighted by Crippen LogP contribution is -2.23. The molecule has 0 amide bonds. The summed E-state index contributed by atoms with van der Waals surface area (Å²) >= 11 is 0. The number of hydrogen-bond donors (Lipinski definition) is 2. The Morgan fingerprint density at radius 3 is 2.60 bits per heavy atom. The van der Waals surface area contributed by atoms with Gasteiger partial charge in [0.25, 0.3) is 0 Å². The summed E-state index contributed by atoms with van der Waals surface area (Å²) in [4.78, 5) is 11.1. The van der Waals surface area contributed by atoms with E-state index in [0.717, 1.165) is 5.69 Å².